The molecular formula is C13H13FOS. The lowest BCUT2D eigenvalue weighted by Crippen LogP contribution is -2.00. The van der Waals surface area contributed by atoms with Crippen LogP contribution in [0.1, 0.15) is 10.4 Å². The van der Waals surface area contributed by atoms with E-state index >= 15 is 0 Å². The summed E-state index contributed by atoms with van der Waals surface area (Å²) < 4.78 is 18.5. The molecule has 1 nitrogen and oxygen atoms in total. The topological polar surface area (TPSA) is 9.23 Å². The zero-order valence-electron chi connectivity index (χ0n) is 9.07. The fourth-order valence-corrected chi connectivity index (χ4v) is 2.12. The zero-order chi connectivity index (χ0) is 11.4. The summed E-state index contributed by atoms with van der Waals surface area (Å²) in [6, 6.07) is 8.95. The average Bonchev–Trinajstić information content (AvgIpc) is 2.76. The van der Waals surface area contributed by atoms with Gasteiger partial charge in [-0.2, -0.15) is 0 Å². The molecule has 0 saturated heterocycles. The van der Waals surface area contributed by atoms with E-state index in [2.05, 4.69) is 11.4 Å². The molecule has 0 atom stereocenters. The lowest BCUT2D eigenvalue weighted by Gasteiger charge is -2.06. The highest BCUT2D eigenvalue weighted by Crippen LogP contribution is 2.16. The maximum Gasteiger partial charge on any atom is 0.126 e. The molecule has 0 saturated carbocycles. The van der Waals surface area contributed by atoms with Crippen molar-refractivity contribution < 1.29 is 9.13 Å². The fraction of sp³-hybridized carbons (Fsp3) is 0.231. The van der Waals surface area contributed by atoms with Gasteiger partial charge in [0, 0.05) is 11.3 Å². The molecule has 3 heteroatoms. The van der Waals surface area contributed by atoms with E-state index in [-0.39, 0.29) is 5.82 Å². The van der Waals surface area contributed by atoms with Crippen LogP contribution in [-0.2, 0) is 6.42 Å². The Hall–Kier alpha value is -1.35. The number of ether oxygens (including phenoxy) is 1. The van der Waals surface area contributed by atoms with Gasteiger partial charge >= 0.3 is 0 Å². The first-order valence-electron chi connectivity index (χ1n) is 5.17. The number of aryl methyl sites for hydroxylation is 1. The monoisotopic (exact) mass is 236 g/mol. The Labute approximate surface area is 98.5 Å². The van der Waals surface area contributed by atoms with Crippen molar-refractivity contribution in [3.8, 4) is 5.75 Å². The molecule has 0 aliphatic heterocycles. The van der Waals surface area contributed by atoms with Crippen LogP contribution in [-0.4, -0.2) is 6.61 Å². The van der Waals surface area contributed by atoms with Gasteiger partial charge in [-0.15, -0.1) is 11.3 Å². The van der Waals surface area contributed by atoms with Crippen LogP contribution in [0.3, 0.4) is 0 Å². The molecule has 16 heavy (non-hydrogen) atoms. The predicted molar refractivity (Wildman–Crippen MR) is 64.7 cm³/mol. The molecule has 1 aromatic heterocycles. The SMILES string of the molecule is Cc1cc(OCCc2cccs2)ccc1F. The Morgan fingerprint density at radius 3 is 2.88 bits per heavy atom. The number of hydrogen-bond acceptors (Lipinski definition) is 2. The number of hydrogen-bond donors (Lipinski definition) is 0. The van der Waals surface area contributed by atoms with E-state index in [4.69, 9.17) is 4.74 Å². The van der Waals surface area contributed by atoms with Crippen LogP contribution < -0.4 is 4.74 Å². The molecule has 0 N–H and O–H groups in total. The Morgan fingerprint density at radius 1 is 1.31 bits per heavy atom. The summed E-state index contributed by atoms with van der Waals surface area (Å²) in [5.74, 6) is 0.543. The number of benzene rings is 1. The molecule has 1 aromatic carbocycles. The smallest absolute Gasteiger partial charge is 0.126 e. The summed E-state index contributed by atoms with van der Waals surface area (Å²) in [6.45, 7) is 2.37. The standard InChI is InChI=1S/C13H13FOS/c1-10-9-11(4-5-13(10)14)15-7-6-12-3-2-8-16-12/h2-5,8-9H,6-7H2,1H3. The van der Waals surface area contributed by atoms with Crippen molar-refractivity contribution in [1.29, 1.82) is 0 Å². The zero-order valence-corrected chi connectivity index (χ0v) is 9.89. The van der Waals surface area contributed by atoms with Crippen molar-refractivity contribution in [2.75, 3.05) is 6.61 Å². The van der Waals surface area contributed by atoms with Crippen LogP contribution in [0, 0.1) is 12.7 Å². The third-order valence-electron chi connectivity index (χ3n) is 2.33. The second-order valence-corrected chi connectivity index (χ2v) is 4.62. The van der Waals surface area contributed by atoms with Crippen molar-refractivity contribution in [2.45, 2.75) is 13.3 Å². The fourth-order valence-electron chi connectivity index (χ4n) is 1.43. The number of thiophene rings is 1. The van der Waals surface area contributed by atoms with Gasteiger partial charge in [0.25, 0.3) is 0 Å². The molecule has 2 aromatic rings. The summed E-state index contributed by atoms with van der Waals surface area (Å²) in [6.07, 6.45) is 0.897. The minimum absolute atomic E-state index is 0.189. The third-order valence-corrected chi connectivity index (χ3v) is 3.26. The molecular weight excluding hydrogens is 223 g/mol. The van der Waals surface area contributed by atoms with Gasteiger partial charge < -0.3 is 4.74 Å². The Bertz CT molecular complexity index is 451. The van der Waals surface area contributed by atoms with Gasteiger partial charge in [0.05, 0.1) is 6.61 Å². The van der Waals surface area contributed by atoms with Gasteiger partial charge in [-0.1, -0.05) is 6.07 Å². The molecule has 0 amide bonds. The first-order chi connectivity index (χ1) is 7.75. The second-order valence-electron chi connectivity index (χ2n) is 3.59. The molecule has 0 unspecified atom stereocenters. The van der Waals surface area contributed by atoms with Crippen LogP contribution in [0.15, 0.2) is 35.7 Å². The van der Waals surface area contributed by atoms with Crippen LogP contribution >= 0.6 is 11.3 Å². The number of halogens is 1. The van der Waals surface area contributed by atoms with Gasteiger partial charge in [0.15, 0.2) is 0 Å². The Morgan fingerprint density at radius 2 is 2.19 bits per heavy atom. The van der Waals surface area contributed by atoms with Gasteiger partial charge in [-0.25, -0.2) is 4.39 Å². The number of rotatable bonds is 4. The minimum atomic E-state index is -0.189. The van der Waals surface area contributed by atoms with Crippen molar-refractivity contribution in [3.05, 3.63) is 52.0 Å². The molecule has 0 fully saturated rings. The summed E-state index contributed by atoms with van der Waals surface area (Å²) >= 11 is 1.72. The highest BCUT2D eigenvalue weighted by molar-refractivity contribution is 7.09. The van der Waals surface area contributed by atoms with Crippen LogP contribution in [0.4, 0.5) is 4.39 Å². The molecule has 2 rings (SSSR count). The first-order valence-corrected chi connectivity index (χ1v) is 6.05. The average molecular weight is 236 g/mol. The van der Waals surface area contributed by atoms with Gasteiger partial charge in [-0.05, 0) is 42.1 Å². The molecule has 1 heterocycles. The van der Waals surface area contributed by atoms with E-state index in [9.17, 15) is 4.39 Å². The van der Waals surface area contributed by atoms with E-state index < -0.39 is 0 Å². The molecule has 0 aliphatic carbocycles. The Kier molecular flexibility index (Phi) is 3.57. The largest absolute Gasteiger partial charge is 0.493 e. The van der Waals surface area contributed by atoms with E-state index in [0.29, 0.717) is 12.2 Å². The highest BCUT2D eigenvalue weighted by atomic mass is 32.1. The molecule has 0 spiro atoms. The quantitative estimate of drug-likeness (QED) is 0.784. The summed E-state index contributed by atoms with van der Waals surface area (Å²) in [4.78, 5) is 1.30. The van der Waals surface area contributed by atoms with Crippen molar-refractivity contribution in [2.24, 2.45) is 0 Å². The van der Waals surface area contributed by atoms with Gasteiger partial charge in [-0.3, -0.25) is 0 Å². The molecule has 0 aliphatic rings. The summed E-state index contributed by atoms with van der Waals surface area (Å²) in [5.41, 5.74) is 0.619. The second kappa shape index (κ2) is 5.12. The van der Waals surface area contributed by atoms with E-state index in [1.807, 2.05) is 6.07 Å². The summed E-state index contributed by atoms with van der Waals surface area (Å²) in [7, 11) is 0. The lowest BCUT2D eigenvalue weighted by atomic mass is 10.2. The minimum Gasteiger partial charge on any atom is -0.493 e. The van der Waals surface area contributed by atoms with E-state index in [0.717, 1.165) is 12.2 Å². The maximum absolute atomic E-state index is 13.0. The van der Waals surface area contributed by atoms with Crippen molar-refractivity contribution >= 4 is 11.3 Å². The third kappa shape index (κ3) is 2.83. The lowest BCUT2D eigenvalue weighted by molar-refractivity contribution is 0.322. The van der Waals surface area contributed by atoms with E-state index in [1.54, 1.807) is 30.4 Å². The predicted octanol–water partition coefficient (Wildman–Crippen LogP) is 3.82. The first kappa shape index (κ1) is 11.1. The highest BCUT2D eigenvalue weighted by Gasteiger charge is 2.00. The van der Waals surface area contributed by atoms with Gasteiger partial charge in [0.2, 0.25) is 0 Å². The molecule has 0 radical (unpaired) electrons. The molecule has 0 bridgehead atoms. The van der Waals surface area contributed by atoms with Crippen LogP contribution in [0.2, 0.25) is 0 Å². The maximum atomic E-state index is 13.0. The van der Waals surface area contributed by atoms with Crippen LogP contribution in [0.5, 0.6) is 5.75 Å². The summed E-state index contributed by atoms with van der Waals surface area (Å²) in [5, 5.41) is 2.05. The Balaban J connectivity index is 1.87. The van der Waals surface area contributed by atoms with Crippen molar-refractivity contribution in [1.82, 2.24) is 0 Å². The normalized spacial score (nSPS) is 10.4. The van der Waals surface area contributed by atoms with Crippen molar-refractivity contribution in [3.63, 3.8) is 0 Å². The van der Waals surface area contributed by atoms with Crippen LogP contribution in [0.25, 0.3) is 0 Å². The molecule has 84 valence electrons. The van der Waals surface area contributed by atoms with Gasteiger partial charge in [0.1, 0.15) is 11.6 Å². The van der Waals surface area contributed by atoms with E-state index in [1.165, 1.54) is 10.9 Å².